The van der Waals surface area contributed by atoms with E-state index in [0.717, 1.165) is 5.56 Å². The van der Waals surface area contributed by atoms with Crippen molar-refractivity contribution >= 4 is 44.9 Å². The molecule has 0 aliphatic carbocycles. The third-order valence-corrected chi connectivity index (χ3v) is 4.82. The van der Waals surface area contributed by atoms with Crippen LogP contribution in [-0.2, 0) is 14.3 Å². The maximum atomic E-state index is 12.4. The summed E-state index contributed by atoms with van der Waals surface area (Å²) in [5, 5.41) is 0. The van der Waals surface area contributed by atoms with Crippen molar-refractivity contribution in [3.05, 3.63) is 65.7 Å². The average molecular weight is 380 g/mol. The summed E-state index contributed by atoms with van der Waals surface area (Å²) in [6.07, 6.45) is -1.25. The Bertz CT molecular complexity index is 723. The van der Waals surface area contributed by atoms with Gasteiger partial charge in [0.25, 0.3) is 10.1 Å². The molecule has 2 aromatic rings. The normalized spacial score (nSPS) is 13.8. The molecule has 0 N–H and O–H groups in total. The van der Waals surface area contributed by atoms with E-state index in [1.165, 1.54) is 12.1 Å². The molecule has 1 unspecified atom stereocenters. The first-order chi connectivity index (χ1) is 10.2. The first kappa shape index (κ1) is 17.6. The van der Waals surface area contributed by atoms with Gasteiger partial charge in [0.15, 0.2) is 0 Å². The van der Waals surface area contributed by atoms with Crippen molar-refractivity contribution in [1.82, 2.24) is 0 Å². The Morgan fingerprint density at radius 2 is 1.50 bits per heavy atom. The van der Waals surface area contributed by atoms with Crippen LogP contribution >= 0.6 is 34.8 Å². The topological polar surface area (TPSA) is 43.4 Å². The first-order valence-corrected chi connectivity index (χ1v) is 8.86. The van der Waals surface area contributed by atoms with Crippen molar-refractivity contribution in [2.24, 2.45) is 0 Å². The van der Waals surface area contributed by atoms with Gasteiger partial charge >= 0.3 is 0 Å². The summed E-state index contributed by atoms with van der Waals surface area (Å²) in [5.41, 5.74) is 1.39. The highest BCUT2D eigenvalue weighted by Crippen LogP contribution is 2.43. The number of halogens is 3. The SMILES string of the molecule is Cc1ccc(S(=O)(=O)OC(c2ccccc2)C(Cl)(Cl)Cl)cc1. The lowest BCUT2D eigenvalue weighted by molar-refractivity contribution is 0.217. The second-order valence-corrected chi connectivity index (χ2v) is 8.64. The monoisotopic (exact) mass is 378 g/mol. The summed E-state index contributed by atoms with van der Waals surface area (Å²) in [7, 11) is -4.06. The first-order valence-electron chi connectivity index (χ1n) is 6.32. The third kappa shape index (κ3) is 4.37. The number of rotatable bonds is 4. The number of benzene rings is 2. The van der Waals surface area contributed by atoms with Crippen LogP contribution in [-0.4, -0.2) is 12.2 Å². The molecule has 0 heterocycles. The van der Waals surface area contributed by atoms with Gasteiger partial charge in [-0.15, -0.1) is 0 Å². The molecule has 0 saturated heterocycles. The Morgan fingerprint density at radius 3 is 2.00 bits per heavy atom. The molecule has 0 aliphatic rings. The Labute approximate surface area is 144 Å². The van der Waals surface area contributed by atoms with Crippen molar-refractivity contribution < 1.29 is 12.6 Å². The van der Waals surface area contributed by atoms with Crippen molar-refractivity contribution in [2.45, 2.75) is 21.7 Å². The average Bonchev–Trinajstić information content (AvgIpc) is 2.45. The molecule has 0 spiro atoms. The van der Waals surface area contributed by atoms with Gasteiger partial charge in [-0.2, -0.15) is 8.42 Å². The minimum Gasteiger partial charge on any atom is -0.254 e. The molecule has 0 aromatic heterocycles. The van der Waals surface area contributed by atoms with Crippen molar-refractivity contribution in [3.8, 4) is 0 Å². The van der Waals surface area contributed by atoms with Gasteiger partial charge in [0.1, 0.15) is 6.10 Å². The van der Waals surface area contributed by atoms with Gasteiger partial charge in [-0.25, -0.2) is 0 Å². The van der Waals surface area contributed by atoms with Crippen LogP contribution in [0.15, 0.2) is 59.5 Å². The number of hydrogen-bond donors (Lipinski definition) is 0. The van der Waals surface area contributed by atoms with E-state index in [2.05, 4.69) is 0 Å². The summed E-state index contributed by atoms with van der Waals surface area (Å²) < 4.78 is 28.0. The van der Waals surface area contributed by atoms with E-state index in [1.54, 1.807) is 42.5 Å². The van der Waals surface area contributed by atoms with Gasteiger partial charge in [-0.1, -0.05) is 82.8 Å². The predicted molar refractivity (Wildman–Crippen MR) is 88.9 cm³/mol. The van der Waals surface area contributed by atoms with E-state index in [-0.39, 0.29) is 4.90 Å². The Morgan fingerprint density at radius 1 is 0.955 bits per heavy atom. The Hall–Kier alpha value is -0.780. The summed E-state index contributed by atoms with van der Waals surface area (Å²) in [6.45, 7) is 1.85. The van der Waals surface area contributed by atoms with E-state index < -0.39 is 20.0 Å². The number of alkyl halides is 3. The highest BCUT2D eigenvalue weighted by Gasteiger charge is 2.39. The fourth-order valence-corrected chi connectivity index (χ4v) is 3.57. The molecule has 0 saturated carbocycles. The predicted octanol–water partition coefficient (Wildman–Crippen LogP) is 4.81. The van der Waals surface area contributed by atoms with E-state index >= 15 is 0 Å². The molecule has 0 radical (unpaired) electrons. The van der Waals surface area contributed by atoms with Gasteiger partial charge in [-0.3, -0.25) is 4.18 Å². The van der Waals surface area contributed by atoms with Crippen LogP contribution in [0.5, 0.6) is 0 Å². The van der Waals surface area contributed by atoms with Gasteiger partial charge in [-0.05, 0) is 24.6 Å². The van der Waals surface area contributed by atoms with Crippen molar-refractivity contribution in [3.63, 3.8) is 0 Å². The van der Waals surface area contributed by atoms with Gasteiger partial charge in [0, 0.05) is 0 Å². The Kier molecular flexibility index (Phi) is 5.41. The summed E-state index contributed by atoms with van der Waals surface area (Å²) in [6, 6.07) is 14.7. The fraction of sp³-hybridized carbons (Fsp3) is 0.200. The van der Waals surface area contributed by atoms with E-state index in [0.29, 0.717) is 5.56 Å². The van der Waals surface area contributed by atoms with Crippen molar-refractivity contribution in [2.75, 3.05) is 0 Å². The maximum Gasteiger partial charge on any atom is 0.297 e. The minimum absolute atomic E-state index is 0.00767. The van der Waals surface area contributed by atoms with Gasteiger partial charge in [0.05, 0.1) is 4.90 Å². The molecule has 0 amide bonds. The molecule has 0 fully saturated rings. The van der Waals surface area contributed by atoms with Crippen LogP contribution in [0.3, 0.4) is 0 Å². The lowest BCUT2D eigenvalue weighted by atomic mass is 10.1. The summed E-state index contributed by atoms with van der Waals surface area (Å²) >= 11 is 17.7. The quantitative estimate of drug-likeness (QED) is 0.565. The molecular formula is C15H13Cl3O3S. The second-order valence-electron chi connectivity index (χ2n) is 4.70. The van der Waals surface area contributed by atoms with Crippen LogP contribution in [0, 0.1) is 6.92 Å². The van der Waals surface area contributed by atoms with Gasteiger partial charge < -0.3 is 0 Å². The molecule has 2 rings (SSSR count). The second kappa shape index (κ2) is 6.77. The highest BCUT2D eigenvalue weighted by molar-refractivity contribution is 7.86. The smallest absolute Gasteiger partial charge is 0.254 e. The zero-order valence-electron chi connectivity index (χ0n) is 11.5. The summed E-state index contributed by atoms with van der Waals surface area (Å²) in [5.74, 6) is 0. The molecule has 1 atom stereocenters. The van der Waals surface area contributed by atoms with E-state index in [9.17, 15) is 8.42 Å². The van der Waals surface area contributed by atoms with E-state index in [1.807, 2.05) is 6.92 Å². The number of aryl methyl sites for hydroxylation is 1. The van der Waals surface area contributed by atoms with Gasteiger partial charge in [0.2, 0.25) is 3.79 Å². The standard InChI is InChI=1S/C15H13Cl3O3S/c1-11-7-9-13(10-8-11)22(19,20)21-14(15(16,17)18)12-5-3-2-4-6-12/h2-10,14H,1H3. The molecule has 0 bridgehead atoms. The Balaban J connectivity index is 2.37. The molecule has 118 valence electrons. The lowest BCUT2D eigenvalue weighted by Gasteiger charge is -2.24. The molecule has 22 heavy (non-hydrogen) atoms. The van der Waals surface area contributed by atoms with Crippen LogP contribution in [0.2, 0.25) is 0 Å². The largest absolute Gasteiger partial charge is 0.297 e. The minimum atomic E-state index is -4.06. The van der Waals surface area contributed by atoms with Crippen molar-refractivity contribution in [1.29, 1.82) is 0 Å². The van der Waals surface area contributed by atoms with Crippen LogP contribution in [0.1, 0.15) is 17.2 Å². The number of hydrogen-bond acceptors (Lipinski definition) is 3. The van der Waals surface area contributed by atoms with Crippen LogP contribution in [0.25, 0.3) is 0 Å². The van der Waals surface area contributed by atoms with E-state index in [4.69, 9.17) is 39.0 Å². The maximum absolute atomic E-state index is 12.4. The molecule has 0 aliphatic heterocycles. The molecule has 3 nitrogen and oxygen atoms in total. The van der Waals surface area contributed by atoms with Crippen LogP contribution in [0.4, 0.5) is 0 Å². The highest BCUT2D eigenvalue weighted by atomic mass is 35.6. The zero-order chi connectivity index (χ0) is 16.4. The molecule has 2 aromatic carbocycles. The molecular weight excluding hydrogens is 367 g/mol. The lowest BCUT2D eigenvalue weighted by Crippen LogP contribution is -2.23. The summed E-state index contributed by atoms with van der Waals surface area (Å²) in [4.78, 5) is 0.00767. The fourth-order valence-electron chi connectivity index (χ4n) is 1.81. The molecule has 7 heteroatoms. The zero-order valence-corrected chi connectivity index (χ0v) is 14.6. The van der Waals surface area contributed by atoms with Crippen LogP contribution < -0.4 is 0 Å². The third-order valence-electron chi connectivity index (χ3n) is 2.93.